The third-order valence-electron chi connectivity index (χ3n) is 10.2. The molecule has 3 aliphatic rings. The first kappa shape index (κ1) is 22.2. The van der Waals surface area contributed by atoms with Crippen molar-refractivity contribution in [3.05, 3.63) is 115 Å². The summed E-state index contributed by atoms with van der Waals surface area (Å²) in [6.45, 7) is 7.45. The van der Waals surface area contributed by atoms with E-state index in [4.69, 9.17) is 0 Å². The molecule has 0 N–H and O–H groups in total. The van der Waals surface area contributed by atoms with Crippen LogP contribution in [0.3, 0.4) is 0 Å². The third kappa shape index (κ3) is 2.48. The van der Waals surface area contributed by atoms with Gasteiger partial charge in [-0.15, -0.1) is 0 Å². The lowest BCUT2D eigenvalue weighted by molar-refractivity contribution is 1.25. The van der Waals surface area contributed by atoms with Crippen molar-refractivity contribution in [2.24, 2.45) is 0 Å². The zero-order valence-electron chi connectivity index (χ0n) is 23.4. The van der Waals surface area contributed by atoms with Crippen LogP contribution in [-0.2, 0) is 0 Å². The topological polar surface area (TPSA) is 8.17 Å². The molecule has 0 saturated heterocycles. The molecule has 0 bridgehead atoms. The Morgan fingerprint density at radius 2 is 1.44 bits per heavy atom. The van der Waals surface area contributed by atoms with E-state index in [0.717, 1.165) is 0 Å². The van der Waals surface area contributed by atoms with E-state index in [0.29, 0.717) is 0 Å². The van der Waals surface area contributed by atoms with E-state index in [1.807, 2.05) is 0 Å². The van der Waals surface area contributed by atoms with Crippen molar-refractivity contribution in [2.45, 2.75) is 20.0 Å². The monoisotopic (exact) mass is 538 g/mol. The molecule has 0 spiro atoms. The summed E-state index contributed by atoms with van der Waals surface area (Å²) in [6, 6.07) is 41.7. The van der Waals surface area contributed by atoms with Gasteiger partial charge in [0.25, 0.3) is 0 Å². The zero-order valence-corrected chi connectivity index (χ0v) is 24.4. The number of benzene rings is 6. The van der Waals surface area contributed by atoms with E-state index in [1.54, 1.807) is 5.19 Å². The van der Waals surface area contributed by atoms with Gasteiger partial charge in [-0.3, -0.25) is 0 Å². The number of aromatic nitrogens is 1. The van der Waals surface area contributed by atoms with Crippen LogP contribution in [-0.4, -0.2) is 19.4 Å². The number of rotatable bonds is 0. The highest BCUT2D eigenvalue weighted by Crippen LogP contribution is 2.47. The summed E-state index contributed by atoms with van der Waals surface area (Å²) < 4.78 is 2.69. The van der Waals surface area contributed by atoms with Gasteiger partial charge in [-0.2, -0.15) is 0 Å². The van der Waals surface area contributed by atoms with Crippen LogP contribution in [0.15, 0.2) is 109 Å². The Morgan fingerprint density at radius 3 is 2.37 bits per heavy atom. The molecule has 2 nitrogen and oxygen atoms in total. The number of nitrogens with zero attached hydrogens (tertiary/aromatic N) is 2. The van der Waals surface area contributed by atoms with E-state index in [1.165, 1.54) is 82.4 Å². The van der Waals surface area contributed by atoms with E-state index in [-0.39, 0.29) is 6.85 Å². The Balaban J connectivity index is 1.44. The average molecular weight is 539 g/mol. The number of aryl methyl sites for hydroxylation is 1. The summed E-state index contributed by atoms with van der Waals surface area (Å²) in [5, 5.41) is 8.43. The fraction of sp³-hybridized carbons (Fsp3) is 0.0811. The third-order valence-corrected chi connectivity index (χ3v) is 13.7. The average Bonchev–Trinajstić information content (AvgIpc) is 3.34. The second-order valence-electron chi connectivity index (χ2n) is 12.6. The Labute approximate surface area is 240 Å². The molecular formula is C37H27BN2Si. The van der Waals surface area contributed by atoms with Gasteiger partial charge in [-0.05, 0) is 68.3 Å². The summed E-state index contributed by atoms with van der Waals surface area (Å²) in [5.41, 5.74) is 13.7. The lowest BCUT2D eigenvalue weighted by Crippen LogP contribution is -2.65. The molecule has 0 saturated carbocycles. The summed E-state index contributed by atoms with van der Waals surface area (Å²) in [6.07, 6.45) is 0. The second-order valence-corrected chi connectivity index (χ2v) is 16.9. The summed E-state index contributed by atoms with van der Waals surface area (Å²) in [5.74, 6) is 0. The fourth-order valence-corrected chi connectivity index (χ4v) is 11.5. The minimum Gasteiger partial charge on any atom is -0.375 e. The minimum atomic E-state index is -1.92. The lowest BCUT2D eigenvalue weighted by atomic mass is 9.45. The molecule has 0 amide bonds. The van der Waals surface area contributed by atoms with Crippen LogP contribution in [0, 0.1) is 6.92 Å². The highest BCUT2D eigenvalue weighted by Gasteiger charge is 2.48. The van der Waals surface area contributed by atoms with Gasteiger partial charge >= 0.3 is 6.85 Å². The molecule has 1 aromatic heterocycles. The van der Waals surface area contributed by atoms with Crippen molar-refractivity contribution < 1.29 is 0 Å². The summed E-state index contributed by atoms with van der Waals surface area (Å²) in [7, 11) is -1.92. The van der Waals surface area contributed by atoms with Crippen LogP contribution in [0.4, 0.5) is 17.1 Å². The van der Waals surface area contributed by atoms with Crippen LogP contribution in [0.2, 0.25) is 13.1 Å². The Bertz CT molecular complexity index is 2330. The Morgan fingerprint density at radius 1 is 0.659 bits per heavy atom. The van der Waals surface area contributed by atoms with Crippen molar-refractivity contribution in [3.8, 4) is 11.1 Å². The largest absolute Gasteiger partial charge is 0.375 e. The Hall–Kier alpha value is -4.54. The summed E-state index contributed by atoms with van der Waals surface area (Å²) >= 11 is 0. The molecule has 192 valence electrons. The Kier molecular flexibility index (Phi) is 3.90. The first-order valence-corrected chi connectivity index (χ1v) is 17.7. The number of para-hydroxylation sites is 3. The molecule has 0 aliphatic carbocycles. The van der Waals surface area contributed by atoms with Gasteiger partial charge in [0.2, 0.25) is 0 Å². The van der Waals surface area contributed by atoms with Gasteiger partial charge < -0.3 is 9.38 Å². The van der Waals surface area contributed by atoms with Gasteiger partial charge in [0, 0.05) is 44.4 Å². The van der Waals surface area contributed by atoms with Crippen molar-refractivity contribution in [2.75, 3.05) is 4.90 Å². The van der Waals surface area contributed by atoms with Gasteiger partial charge in [-0.1, -0.05) is 104 Å². The predicted molar refractivity (Wildman–Crippen MR) is 179 cm³/mol. The molecule has 4 heteroatoms. The highest BCUT2D eigenvalue weighted by molar-refractivity contribution is 7.04. The fourth-order valence-electron chi connectivity index (χ4n) is 8.50. The van der Waals surface area contributed by atoms with E-state index in [2.05, 4.69) is 139 Å². The highest BCUT2D eigenvalue weighted by atomic mass is 28.3. The van der Waals surface area contributed by atoms with Crippen LogP contribution < -0.4 is 26.2 Å². The molecule has 4 heterocycles. The van der Waals surface area contributed by atoms with E-state index in [9.17, 15) is 0 Å². The van der Waals surface area contributed by atoms with Crippen molar-refractivity contribution in [3.63, 3.8) is 0 Å². The maximum absolute atomic E-state index is 2.69. The van der Waals surface area contributed by atoms with Gasteiger partial charge in [0.15, 0.2) is 0 Å². The molecule has 7 aromatic rings. The second kappa shape index (κ2) is 7.20. The van der Waals surface area contributed by atoms with Crippen molar-refractivity contribution in [1.29, 1.82) is 0 Å². The zero-order chi connectivity index (χ0) is 27.2. The van der Waals surface area contributed by atoms with E-state index < -0.39 is 8.07 Å². The van der Waals surface area contributed by atoms with Gasteiger partial charge in [0.05, 0.1) is 0 Å². The molecule has 10 rings (SSSR count). The molecule has 0 unspecified atom stereocenters. The van der Waals surface area contributed by atoms with Crippen molar-refractivity contribution in [1.82, 2.24) is 4.48 Å². The lowest BCUT2D eigenvalue weighted by Gasteiger charge is -2.47. The molecule has 6 aromatic carbocycles. The summed E-state index contributed by atoms with van der Waals surface area (Å²) in [4.78, 5) is 2.62. The molecule has 0 fully saturated rings. The number of fused-ring (bicyclic) bond motifs is 11. The molecular weight excluding hydrogens is 511 g/mol. The normalized spacial score (nSPS) is 15.3. The molecule has 3 aliphatic heterocycles. The van der Waals surface area contributed by atoms with Crippen LogP contribution in [0.25, 0.3) is 43.7 Å². The first-order chi connectivity index (χ1) is 20.0. The number of anilines is 3. The SMILES string of the molecule is Cc1cc2c3c(c1)N1c4ccccc4[Si](C)(C)c4cccc(c41)B3n1c3ccc4ccccc4c3c3cccc-2c31. The number of hydrogen-bond acceptors (Lipinski definition) is 1. The van der Waals surface area contributed by atoms with Crippen LogP contribution in [0.5, 0.6) is 0 Å². The number of hydrogen-bond donors (Lipinski definition) is 0. The maximum Gasteiger partial charge on any atom is 0.333 e. The van der Waals surface area contributed by atoms with Crippen molar-refractivity contribution >= 4 is 85.9 Å². The minimum absolute atomic E-state index is 0.123. The quantitative estimate of drug-likeness (QED) is 0.193. The standard InChI is InChI=1S/C37H27BN2Si/c1-22-20-27-25-12-8-13-26-34-24-11-5-4-10-23(24)18-19-30(34)40(36(25)26)38-28-14-9-17-33-37(28)39(31(21-22)35(27)38)29-15-6-7-16-32(29)41(33,2)3/h4-21H,1-3H3. The maximum atomic E-state index is 2.69. The first-order valence-electron chi connectivity index (χ1n) is 14.7. The van der Waals surface area contributed by atoms with E-state index >= 15 is 0 Å². The predicted octanol–water partition coefficient (Wildman–Crippen LogP) is 6.81. The van der Waals surface area contributed by atoms with Gasteiger partial charge in [0.1, 0.15) is 8.07 Å². The van der Waals surface area contributed by atoms with Crippen LogP contribution >= 0.6 is 0 Å². The smallest absolute Gasteiger partial charge is 0.333 e. The molecule has 0 radical (unpaired) electrons. The van der Waals surface area contributed by atoms with Crippen LogP contribution in [0.1, 0.15) is 5.56 Å². The molecule has 41 heavy (non-hydrogen) atoms. The van der Waals surface area contributed by atoms with Gasteiger partial charge in [-0.25, -0.2) is 0 Å². The molecule has 0 atom stereocenters.